The molecule has 1 aliphatic carbocycles. The first-order chi connectivity index (χ1) is 6.65. The topological polar surface area (TPSA) is 26.3 Å². The van der Waals surface area contributed by atoms with Crippen molar-refractivity contribution in [2.75, 3.05) is 6.61 Å². The standard InChI is InChI=1S/C12H20O2/c1-4-14-8-11(7-9(2)3)12(13)10-5-6-10/h8-10H,4-7H2,1-3H3/b11-8+. The highest BCUT2D eigenvalue weighted by atomic mass is 16.5. The second kappa shape index (κ2) is 5.18. The van der Waals surface area contributed by atoms with Gasteiger partial charge in [-0.3, -0.25) is 4.79 Å². The molecule has 0 saturated heterocycles. The molecule has 1 aliphatic rings. The Balaban J connectivity index is 2.54. The van der Waals surface area contributed by atoms with Crippen LogP contribution in [0.4, 0.5) is 0 Å². The number of hydrogen-bond acceptors (Lipinski definition) is 2. The highest BCUT2D eigenvalue weighted by Gasteiger charge is 2.31. The molecule has 0 amide bonds. The van der Waals surface area contributed by atoms with Gasteiger partial charge >= 0.3 is 0 Å². The maximum Gasteiger partial charge on any atom is 0.164 e. The summed E-state index contributed by atoms with van der Waals surface area (Å²) in [5.74, 6) is 1.14. The van der Waals surface area contributed by atoms with Crippen LogP contribution in [0.3, 0.4) is 0 Å². The Hall–Kier alpha value is -0.790. The molecule has 80 valence electrons. The van der Waals surface area contributed by atoms with Gasteiger partial charge in [-0.15, -0.1) is 0 Å². The summed E-state index contributed by atoms with van der Waals surface area (Å²) >= 11 is 0. The van der Waals surface area contributed by atoms with E-state index < -0.39 is 0 Å². The van der Waals surface area contributed by atoms with Crippen molar-refractivity contribution in [1.82, 2.24) is 0 Å². The normalized spacial score (nSPS) is 17.3. The lowest BCUT2D eigenvalue weighted by Crippen LogP contribution is -2.08. The van der Waals surface area contributed by atoms with Gasteiger partial charge in [-0.1, -0.05) is 13.8 Å². The lowest BCUT2D eigenvalue weighted by Gasteiger charge is -2.08. The maximum absolute atomic E-state index is 11.8. The molecular formula is C12H20O2. The average Bonchev–Trinajstić information content (AvgIpc) is 2.93. The van der Waals surface area contributed by atoms with E-state index in [2.05, 4.69) is 13.8 Å². The van der Waals surface area contributed by atoms with Gasteiger partial charge in [0.15, 0.2) is 5.78 Å². The Morgan fingerprint density at radius 1 is 1.50 bits per heavy atom. The molecule has 2 nitrogen and oxygen atoms in total. The van der Waals surface area contributed by atoms with Gasteiger partial charge in [0.1, 0.15) is 0 Å². The molecule has 0 unspecified atom stereocenters. The molecule has 14 heavy (non-hydrogen) atoms. The predicted molar refractivity (Wildman–Crippen MR) is 56.9 cm³/mol. The minimum Gasteiger partial charge on any atom is -0.501 e. The van der Waals surface area contributed by atoms with E-state index in [0.29, 0.717) is 24.2 Å². The van der Waals surface area contributed by atoms with Gasteiger partial charge in [0.2, 0.25) is 0 Å². The van der Waals surface area contributed by atoms with Crippen LogP contribution in [0, 0.1) is 11.8 Å². The summed E-state index contributed by atoms with van der Waals surface area (Å²) in [7, 11) is 0. The summed E-state index contributed by atoms with van der Waals surface area (Å²) in [6, 6.07) is 0. The van der Waals surface area contributed by atoms with E-state index in [-0.39, 0.29) is 0 Å². The van der Waals surface area contributed by atoms with Gasteiger partial charge in [-0.25, -0.2) is 0 Å². The molecule has 0 N–H and O–H groups in total. The highest BCUT2D eigenvalue weighted by Crippen LogP contribution is 2.33. The van der Waals surface area contributed by atoms with E-state index >= 15 is 0 Å². The van der Waals surface area contributed by atoms with Gasteiger partial charge in [0, 0.05) is 11.5 Å². The number of allylic oxidation sites excluding steroid dienone is 1. The van der Waals surface area contributed by atoms with Crippen molar-refractivity contribution in [3.63, 3.8) is 0 Å². The van der Waals surface area contributed by atoms with Crippen molar-refractivity contribution in [1.29, 1.82) is 0 Å². The largest absolute Gasteiger partial charge is 0.501 e. The van der Waals surface area contributed by atoms with Crippen molar-refractivity contribution in [2.45, 2.75) is 40.0 Å². The molecule has 1 fully saturated rings. The molecule has 0 aromatic carbocycles. The van der Waals surface area contributed by atoms with Crippen molar-refractivity contribution in [3.05, 3.63) is 11.8 Å². The van der Waals surface area contributed by atoms with Crippen LogP contribution in [0.25, 0.3) is 0 Å². The minimum atomic E-state index is 0.306. The zero-order chi connectivity index (χ0) is 10.6. The number of carbonyl (C=O) groups is 1. The van der Waals surface area contributed by atoms with Crippen LogP contribution in [0.5, 0.6) is 0 Å². The zero-order valence-electron chi connectivity index (χ0n) is 9.38. The van der Waals surface area contributed by atoms with E-state index in [1.54, 1.807) is 6.26 Å². The molecule has 1 rings (SSSR count). The monoisotopic (exact) mass is 196 g/mol. The maximum atomic E-state index is 11.8. The van der Waals surface area contributed by atoms with Crippen LogP contribution in [0.2, 0.25) is 0 Å². The van der Waals surface area contributed by atoms with E-state index in [1.807, 2.05) is 6.92 Å². The Morgan fingerprint density at radius 3 is 2.57 bits per heavy atom. The van der Waals surface area contributed by atoms with Crippen molar-refractivity contribution < 1.29 is 9.53 Å². The molecular weight excluding hydrogens is 176 g/mol. The molecule has 0 aromatic heterocycles. The smallest absolute Gasteiger partial charge is 0.164 e. The highest BCUT2D eigenvalue weighted by molar-refractivity contribution is 5.98. The molecule has 2 heteroatoms. The van der Waals surface area contributed by atoms with Crippen LogP contribution in [0.1, 0.15) is 40.0 Å². The Kier molecular flexibility index (Phi) is 4.18. The van der Waals surface area contributed by atoms with Gasteiger partial charge in [-0.2, -0.15) is 0 Å². The zero-order valence-corrected chi connectivity index (χ0v) is 9.38. The van der Waals surface area contributed by atoms with Crippen LogP contribution >= 0.6 is 0 Å². The van der Waals surface area contributed by atoms with Crippen LogP contribution < -0.4 is 0 Å². The second-order valence-electron chi connectivity index (χ2n) is 4.33. The molecule has 1 saturated carbocycles. The van der Waals surface area contributed by atoms with Gasteiger partial charge in [0.25, 0.3) is 0 Å². The summed E-state index contributed by atoms with van der Waals surface area (Å²) in [6.07, 6.45) is 4.65. The van der Waals surface area contributed by atoms with Gasteiger partial charge in [-0.05, 0) is 32.1 Å². The number of ketones is 1. The van der Waals surface area contributed by atoms with E-state index in [4.69, 9.17) is 4.74 Å². The number of Topliss-reactive ketones (excluding diaryl/α,β-unsaturated/α-hetero) is 1. The van der Waals surface area contributed by atoms with E-state index in [0.717, 1.165) is 24.8 Å². The third-order valence-electron chi connectivity index (χ3n) is 2.29. The van der Waals surface area contributed by atoms with Crippen molar-refractivity contribution in [2.24, 2.45) is 11.8 Å². The molecule has 0 heterocycles. The predicted octanol–water partition coefficient (Wildman–Crippen LogP) is 2.93. The van der Waals surface area contributed by atoms with Crippen molar-refractivity contribution >= 4 is 5.78 Å². The van der Waals surface area contributed by atoms with E-state index in [9.17, 15) is 4.79 Å². The van der Waals surface area contributed by atoms with Gasteiger partial charge < -0.3 is 4.74 Å². The molecule has 0 radical (unpaired) electrons. The second-order valence-corrected chi connectivity index (χ2v) is 4.33. The minimum absolute atomic E-state index is 0.306. The number of ether oxygens (including phenoxy) is 1. The third kappa shape index (κ3) is 3.52. The van der Waals surface area contributed by atoms with Gasteiger partial charge in [0.05, 0.1) is 12.9 Å². The van der Waals surface area contributed by atoms with Crippen LogP contribution in [0.15, 0.2) is 11.8 Å². The van der Waals surface area contributed by atoms with Crippen molar-refractivity contribution in [3.8, 4) is 0 Å². The number of rotatable bonds is 6. The summed E-state index contributed by atoms with van der Waals surface area (Å²) in [6.45, 7) is 6.82. The summed E-state index contributed by atoms with van der Waals surface area (Å²) in [4.78, 5) is 11.8. The van der Waals surface area contributed by atoms with Crippen LogP contribution in [-0.2, 0) is 9.53 Å². The number of hydrogen-bond donors (Lipinski definition) is 0. The fourth-order valence-corrected chi connectivity index (χ4v) is 1.44. The lowest BCUT2D eigenvalue weighted by atomic mass is 9.98. The summed E-state index contributed by atoms with van der Waals surface area (Å²) in [5, 5.41) is 0. The first kappa shape index (κ1) is 11.3. The number of carbonyl (C=O) groups excluding carboxylic acids is 1. The Labute approximate surface area is 86.3 Å². The first-order valence-electron chi connectivity index (χ1n) is 5.50. The molecule has 0 atom stereocenters. The molecule has 0 spiro atoms. The quantitative estimate of drug-likeness (QED) is 0.482. The van der Waals surface area contributed by atoms with E-state index in [1.165, 1.54) is 0 Å². The molecule has 0 aliphatic heterocycles. The average molecular weight is 196 g/mol. The Bertz CT molecular complexity index is 224. The third-order valence-corrected chi connectivity index (χ3v) is 2.29. The first-order valence-corrected chi connectivity index (χ1v) is 5.50. The fourth-order valence-electron chi connectivity index (χ4n) is 1.44. The SMILES string of the molecule is CCO/C=C(\CC(C)C)C(=O)C1CC1. The Morgan fingerprint density at radius 2 is 2.14 bits per heavy atom. The lowest BCUT2D eigenvalue weighted by molar-refractivity contribution is -0.117. The fraction of sp³-hybridized carbons (Fsp3) is 0.750. The summed E-state index contributed by atoms with van der Waals surface area (Å²) < 4.78 is 5.21. The van der Waals surface area contributed by atoms with Crippen LogP contribution in [-0.4, -0.2) is 12.4 Å². The summed E-state index contributed by atoms with van der Waals surface area (Å²) in [5.41, 5.74) is 0.879. The molecule has 0 bridgehead atoms. The molecule has 0 aromatic rings.